The summed E-state index contributed by atoms with van der Waals surface area (Å²) in [5.41, 5.74) is 5.86. The molecule has 4 rings (SSSR count). The summed E-state index contributed by atoms with van der Waals surface area (Å²) < 4.78 is 0. The fourth-order valence-corrected chi connectivity index (χ4v) is 10.9. The number of nitrogens with one attached hydrogen (secondary N) is 2. The van der Waals surface area contributed by atoms with Gasteiger partial charge < -0.3 is 26.6 Å². The maximum Gasteiger partial charge on any atom is 0.223 e. The monoisotopic (exact) mass is 547 g/mol. The van der Waals surface area contributed by atoms with Crippen molar-refractivity contribution in [3.05, 3.63) is 0 Å². The molecule has 4 unspecified atom stereocenters. The highest BCUT2D eigenvalue weighted by molar-refractivity contribution is 5.79. The minimum Gasteiger partial charge on any atom is -0.393 e. The van der Waals surface area contributed by atoms with Gasteiger partial charge in [-0.15, -0.1) is 0 Å². The van der Waals surface area contributed by atoms with Crippen molar-refractivity contribution in [3.8, 4) is 0 Å². The van der Waals surface area contributed by atoms with Crippen LogP contribution >= 0.6 is 0 Å². The summed E-state index contributed by atoms with van der Waals surface area (Å²) in [6.45, 7) is 17.0. The Balaban J connectivity index is 1.57. The molecule has 0 saturated heterocycles. The Morgan fingerprint density at radius 2 is 1.64 bits per heavy atom. The van der Waals surface area contributed by atoms with Crippen molar-refractivity contribution in [3.63, 3.8) is 0 Å². The fraction of sp³-hybridized carbons (Fsp3) is 0.970. The number of aliphatic hydroxyl groups is 2. The van der Waals surface area contributed by atoms with Gasteiger partial charge in [0.05, 0.1) is 12.2 Å². The van der Waals surface area contributed by atoms with Gasteiger partial charge in [-0.05, 0) is 103 Å². The van der Waals surface area contributed by atoms with Crippen molar-refractivity contribution < 1.29 is 15.0 Å². The standard InChI is InChI=1S/C33H61N3O3/c1-21(2)8-7-9-24(30(39)36-19-18-35-17-16-34)23-10-14-32(5)26(23)20-28(38)29-31(4)13-12-27(37)22(3)25(31)11-15-33(29,32)6/h21-29,35,37-38H,7-20,34H2,1-6H3,(H,36,39)/t22-,23-,24?,25?,26?,27+,28+,29?,31-,32-,33-/m0/s1. The molecule has 4 saturated carbocycles. The predicted molar refractivity (Wildman–Crippen MR) is 159 cm³/mol. The van der Waals surface area contributed by atoms with E-state index in [-0.39, 0.29) is 46.2 Å². The lowest BCUT2D eigenvalue weighted by Crippen LogP contribution is -2.66. The average Bonchev–Trinajstić information content (AvgIpc) is 3.21. The Morgan fingerprint density at radius 1 is 0.923 bits per heavy atom. The fourth-order valence-electron chi connectivity index (χ4n) is 10.9. The van der Waals surface area contributed by atoms with Gasteiger partial charge in [0.15, 0.2) is 0 Å². The van der Waals surface area contributed by atoms with Gasteiger partial charge in [0, 0.05) is 32.1 Å². The lowest BCUT2D eigenvalue weighted by molar-refractivity contribution is -0.239. The molecule has 4 aliphatic rings. The molecule has 6 heteroatoms. The van der Waals surface area contributed by atoms with Gasteiger partial charge in [0.2, 0.25) is 5.91 Å². The van der Waals surface area contributed by atoms with E-state index in [1.807, 2.05) is 0 Å². The van der Waals surface area contributed by atoms with Crippen LogP contribution < -0.4 is 16.4 Å². The number of nitrogens with two attached hydrogens (primary N) is 1. The van der Waals surface area contributed by atoms with Crippen LogP contribution in [-0.4, -0.2) is 54.5 Å². The highest BCUT2D eigenvalue weighted by atomic mass is 16.3. The van der Waals surface area contributed by atoms with Crippen molar-refractivity contribution in [2.45, 2.75) is 118 Å². The van der Waals surface area contributed by atoms with Crippen LogP contribution in [0, 0.1) is 57.7 Å². The van der Waals surface area contributed by atoms with E-state index in [0.29, 0.717) is 42.7 Å². The number of amides is 1. The van der Waals surface area contributed by atoms with Crippen LogP contribution in [0.25, 0.3) is 0 Å². The van der Waals surface area contributed by atoms with Crippen molar-refractivity contribution in [2.24, 2.45) is 63.4 Å². The van der Waals surface area contributed by atoms with E-state index in [1.54, 1.807) is 0 Å². The Labute approximate surface area is 239 Å². The first kappa shape index (κ1) is 31.3. The first-order valence-corrected chi connectivity index (χ1v) is 16.4. The van der Waals surface area contributed by atoms with E-state index in [4.69, 9.17) is 5.73 Å². The molecule has 0 bridgehead atoms. The normalized spacial score (nSPS) is 44.4. The predicted octanol–water partition coefficient (Wildman–Crippen LogP) is 4.72. The van der Waals surface area contributed by atoms with E-state index in [0.717, 1.165) is 77.3 Å². The average molecular weight is 548 g/mol. The molecule has 39 heavy (non-hydrogen) atoms. The van der Waals surface area contributed by atoms with Gasteiger partial charge in [0.1, 0.15) is 0 Å². The molecule has 0 spiro atoms. The van der Waals surface area contributed by atoms with E-state index in [9.17, 15) is 15.0 Å². The molecule has 0 aromatic rings. The Morgan fingerprint density at radius 3 is 2.33 bits per heavy atom. The number of hydrogen-bond acceptors (Lipinski definition) is 5. The topological polar surface area (TPSA) is 108 Å². The zero-order valence-electron chi connectivity index (χ0n) is 26.0. The molecule has 4 fully saturated rings. The first-order chi connectivity index (χ1) is 18.4. The van der Waals surface area contributed by atoms with Crippen molar-refractivity contribution >= 4 is 5.91 Å². The molecular weight excluding hydrogens is 486 g/mol. The Bertz CT molecular complexity index is 837. The third-order valence-corrected chi connectivity index (χ3v) is 13.0. The molecule has 1 amide bonds. The molecule has 4 aliphatic carbocycles. The zero-order valence-corrected chi connectivity index (χ0v) is 26.0. The van der Waals surface area contributed by atoms with Gasteiger partial charge in [-0.3, -0.25) is 4.79 Å². The summed E-state index contributed by atoms with van der Waals surface area (Å²) in [6.07, 6.45) is 9.88. The Hall–Kier alpha value is -0.690. The summed E-state index contributed by atoms with van der Waals surface area (Å²) in [4.78, 5) is 13.7. The molecule has 0 radical (unpaired) electrons. The molecule has 0 aromatic heterocycles. The van der Waals surface area contributed by atoms with Crippen LogP contribution in [0.3, 0.4) is 0 Å². The number of aliphatic hydroxyl groups excluding tert-OH is 2. The van der Waals surface area contributed by atoms with Gasteiger partial charge >= 0.3 is 0 Å². The molecule has 226 valence electrons. The highest BCUT2D eigenvalue weighted by Gasteiger charge is 2.70. The minimum absolute atomic E-state index is 0.0224. The molecule has 6 nitrogen and oxygen atoms in total. The lowest BCUT2D eigenvalue weighted by Gasteiger charge is -2.69. The molecule has 11 atom stereocenters. The summed E-state index contributed by atoms with van der Waals surface area (Å²) in [6, 6.07) is 0. The maximum atomic E-state index is 13.7. The van der Waals surface area contributed by atoms with Crippen LogP contribution in [0.5, 0.6) is 0 Å². The van der Waals surface area contributed by atoms with Crippen LogP contribution in [0.4, 0.5) is 0 Å². The summed E-state index contributed by atoms with van der Waals surface area (Å²) in [7, 11) is 0. The van der Waals surface area contributed by atoms with Crippen LogP contribution in [0.2, 0.25) is 0 Å². The Kier molecular flexibility index (Phi) is 9.83. The van der Waals surface area contributed by atoms with Crippen molar-refractivity contribution in [2.75, 3.05) is 26.2 Å². The number of fused-ring (bicyclic) bond motifs is 5. The third kappa shape index (κ3) is 5.58. The van der Waals surface area contributed by atoms with Crippen molar-refractivity contribution in [1.82, 2.24) is 10.6 Å². The van der Waals surface area contributed by atoms with E-state index in [1.165, 1.54) is 0 Å². The van der Waals surface area contributed by atoms with Crippen LogP contribution in [-0.2, 0) is 4.79 Å². The molecular formula is C33H61N3O3. The van der Waals surface area contributed by atoms with E-state index in [2.05, 4.69) is 52.2 Å². The third-order valence-electron chi connectivity index (χ3n) is 13.0. The maximum absolute atomic E-state index is 13.7. The first-order valence-electron chi connectivity index (χ1n) is 16.4. The SMILES string of the molecule is CC(C)CCCC(C(=O)NCCNCCN)[C@@H]1CC[C@@]2(C)C1C[C@@H](O)C1[C@@]3(C)CC[C@@H](O)[C@@H](C)C3CC[C@@]12C. The largest absolute Gasteiger partial charge is 0.393 e. The second kappa shape index (κ2) is 12.3. The van der Waals surface area contributed by atoms with Gasteiger partial charge in [-0.25, -0.2) is 0 Å². The summed E-state index contributed by atoms with van der Waals surface area (Å²) >= 11 is 0. The number of carbonyl (C=O) groups excluding carboxylic acids is 1. The van der Waals surface area contributed by atoms with Crippen LogP contribution in [0.15, 0.2) is 0 Å². The van der Waals surface area contributed by atoms with E-state index >= 15 is 0 Å². The van der Waals surface area contributed by atoms with Gasteiger partial charge in [-0.2, -0.15) is 0 Å². The van der Waals surface area contributed by atoms with Crippen LogP contribution in [0.1, 0.15) is 106 Å². The smallest absolute Gasteiger partial charge is 0.223 e. The number of hydrogen-bond donors (Lipinski definition) is 5. The van der Waals surface area contributed by atoms with Crippen molar-refractivity contribution in [1.29, 1.82) is 0 Å². The van der Waals surface area contributed by atoms with E-state index < -0.39 is 0 Å². The lowest BCUT2D eigenvalue weighted by atomic mass is 9.36. The summed E-state index contributed by atoms with van der Waals surface area (Å²) in [5.74, 6) is 2.65. The molecule has 0 heterocycles. The minimum atomic E-state index is -0.330. The van der Waals surface area contributed by atoms with Gasteiger partial charge in [0.25, 0.3) is 0 Å². The zero-order chi connectivity index (χ0) is 28.6. The quantitative estimate of drug-likeness (QED) is 0.241. The number of rotatable bonds is 11. The molecule has 0 aromatic carbocycles. The second-order valence-electron chi connectivity index (χ2n) is 15.3. The number of carbonyl (C=O) groups is 1. The second-order valence-corrected chi connectivity index (χ2v) is 15.3. The molecule has 6 N–H and O–H groups in total. The molecule has 0 aliphatic heterocycles. The van der Waals surface area contributed by atoms with Gasteiger partial charge in [-0.1, -0.05) is 54.4 Å². The summed E-state index contributed by atoms with van der Waals surface area (Å²) in [5, 5.41) is 29.3. The highest BCUT2D eigenvalue weighted by Crippen LogP contribution is 2.74.